The van der Waals surface area contributed by atoms with Crippen molar-refractivity contribution in [3.8, 4) is 11.4 Å². The fourth-order valence-corrected chi connectivity index (χ4v) is 4.73. The Balaban J connectivity index is 1.36. The molecule has 0 saturated heterocycles. The zero-order valence-corrected chi connectivity index (χ0v) is 17.4. The number of amides is 1. The first kappa shape index (κ1) is 18.8. The molecule has 0 bridgehead atoms. The lowest BCUT2D eigenvalue weighted by molar-refractivity contribution is -0.118. The Morgan fingerprint density at radius 1 is 1.07 bits per heavy atom. The zero-order chi connectivity index (χ0) is 20.5. The molecular formula is C24H21N3O2S. The number of rotatable bonds is 5. The molecule has 1 aliphatic rings. The zero-order valence-electron chi connectivity index (χ0n) is 16.6. The van der Waals surface area contributed by atoms with E-state index in [0.717, 1.165) is 50.6 Å². The highest BCUT2D eigenvalue weighted by Gasteiger charge is 2.25. The van der Waals surface area contributed by atoms with Crippen LogP contribution in [0, 0.1) is 6.92 Å². The lowest BCUT2D eigenvalue weighted by Crippen LogP contribution is -2.22. The number of fused-ring (bicyclic) bond motifs is 2. The van der Waals surface area contributed by atoms with E-state index in [9.17, 15) is 4.79 Å². The Morgan fingerprint density at radius 2 is 1.87 bits per heavy atom. The van der Waals surface area contributed by atoms with E-state index >= 15 is 0 Å². The minimum Gasteiger partial charge on any atom is -0.484 e. The van der Waals surface area contributed by atoms with Gasteiger partial charge in [0.05, 0.1) is 11.4 Å². The number of aryl methyl sites for hydroxylation is 1. The molecule has 0 radical (unpaired) electrons. The molecule has 150 valence electrons. The summed E-state index contributed by atoms with van der Waals surface area (Å²) in [4.78, 5) is 12.7. The molecule has 0 fully saturated rings. The van der Waals surface area contributed by atoms with Gasteiger partial charge in [-0.1, -0.05) is 48.5 Å². The number of nitrogens with zero attached hydrogens (tertiary/aromatic N) is 2. The fraction of sp³-hybridized carbons (Fsp3) is 0.167. The van der Waals surface area contributed by atoms with Gasteiger partial charge in [0.25, 0.3) is 5.91 Å². The summed E-state index contributed by atoms with van der Waals surface area (Å²) in [7, 11) is 0. The van der Waals surface area contributed by atoms with Crippen molar-refractivity contribution < 1.29 is 9.53 Å². The van der Waals surface area contributed by atoms with Crippen LogP contribution < -0.4 is 10.1 Å². The SMILES string of the molecule is Cc1ccccc1-n1nc2c(c1NC(=O)COc1ccc3ccccc3c1)CSC2. The molecule has 0 aliphatic carbocycles. The second kappa shape index (κ2) is 7.88. The Labute approximate surface area is 179 Å². The monoisotopic (exact) mass is 415 g/mol. The topological polar surface area (TPSA) is 56.2 Å². The highest BCUT2D eigenvalue weighted by atomic mass is 32.2. The minimum absolute atomic E-state index is 0.0563. The second-order valence-corrected chi connectivity index (χ2v) is 8.30. The third-order valence-electron chi connectivity index (χ3n) is 5.24. The van der Waals surface area contributed by atoms with Crippen LogP contribution in [0.5, 0.6) is 5.75 Å². The summed E-state index contributed by atoms with van der Waals surface area (Å²) in [5.41, 5.74) is 4.22. The molecule has 1 N–H and O–H groups in total. The van der Waals surface area contributed by atoms with E-state index in [2.05, 4.69) is 11.4 Å². The van der Waals surface area contributed by atoms with Crippen molar-refractivity contribution in [3.05, 3.63) is 83.6 Å². The van der Waals surface area contributed by atoms with Crippen molar-refractivity contribution in [3.63, 3.8) is 0 Å². The van der Waals surface area contributed by atoms with Crippen molar-refractivity contribution in [2.24, 2.45) is 0 Å². The highest BCUT2D eigenvalue weighted by molar-refractivity contribution is 7.98. The van der Waals surface area contributed by atoms with Crippen LogP contribution in [0.4, 0.5) is 5.82 Å². The number of ether oxygens (including phenoxy) is 1. The van der Waals surface area contributed by atoms with Gasteiger partial charge < -0.3 is 10.1 Å². The minimum atomic E-state index is -0.197. The van der Waals surface area contributed by atoms with E-state index in [4.69, 9.17) is 9.84 Å². The highest BCUT2D eigenvalue weighted by Crippen LogP contribution is 2.36. The van der Waals surface area contributed by atoms with E-state index in [0.29, 0.717) is 5.75 Å². The van der Waals surface area contributed by atoms with Crippen LogP contribution in [-0.2, 0) is 16.3 Å². The van der Waals surface area contributed by atoms with Crippen LogP contribution in [0.2, 0.25) is 0 Å². The Morgan fingerprint density at radius 3 is 2.73 bits per heavy atom. The van der Waals surface area contributed by atoms with E-state index in [1.54, 1.807) is 0 Å². The Kier molecular flexibility index (Phi) is 4.93. The average Bonchev–Trinajstić information content (AvgIpc) is 3.35. The number of anilines is 1. The quantitative estimate of drug-likeness (QED) is 0.493. The average molecular weight is 416 g/mol. The maximum Gasteiger partial charge on any atom is 0.263 e. The molecule has 4 aromatic rings. The number of hydrogen-bond donors (Lipinski definition) is 1. The molecule has 2 heterocycles. The molecule has 0 spiro atoms. The van der Waals surface area contributed by atoms with Gasteiger partial charge in [-0.3, -0.25) is 4.79 Å². The maximum atomic E-state index is 12.7. The molecule has 1 amide bonds. The van der Waals surface area contributed by atoms with Gasteiger partial charge in [-0.25, -0.2) is 4.68 Å². The smallest absolute Gasteiger partial charge is 0.263 e. The molecule has 6 heteroatoms. The van der Waals surface area contributed by atoms with Crippen molar-refractivity contribution in [1.82, 2.24) is 9.78 Å². The third kappa shape index (κ3) is 3.55. The molecule has 3 aromatic carbocycles. The molecular weight excluding hydrogens is 394 g/mol. The van der Waals surface area contributed by atoms with Gasteiger partial charge in [0.1, 0.15) is 11.6 Å². The number of hydrogen-bond acceptors (Lipinski definition) is 4. The van der Waals surface area contributed by atoms with Gasteiger partial charge in [-0.05, 0) is 41.5 Å². The molecule has 5 nitrogen and oxygen atoms in total. The van der Waals surface area contributed by atoms with Crippen LogP contribution in [0.25, 0.3) is 16.5 Å². The third-order valence-corrected chi connectivity index (χ3v) is 6.21. The lowest BCUT2D eigenvalue weighted by Gasteiger charge is -2.13. The number of benzene rings is 3. The van der Waals surface area contributed by atoms with Crippen molar-refractivity contribution >= 4 is 34.3 Å². The predicted molar refractivity (Wildman–Crippen MR) is 121 cm³/mol. The summed E-state index contributed by atoms with van der Waals surface area (Å²) in [6, 6.07) is 22.0. The number of thioether (sulfide) groups is 1. The number of carbonyl (C=O) groups is 1. The summed E-state index contributed by atoms with van der Waals surface area (Å²) in [5.74, 6) is 2.94. The van der Waals surface area contributed by atoms with E-state index in [1.807, 2.05) is 84.0 Å². The van der Waals surface area contributed by atoms with Gasteiger partial charge in [0, 0.05) is 17.1 Å². The van der Waals surface area contributed by atoms with E-state index in [-0.39, 0.29) is 12.5 Å². The van der Waals surface area contributed by atoms with Gasteiger partial charge in [0.15, 0.2) is 6.61 Å². The summed E-state index contributed by atoms with van der Waals surface area (Å²) in [5, 5.41) is 10.0. The van der Waals surface area contributed by atoms with Crippen molar-refractivity contribution in [1.29, 1.82) is 0 Å². The first-order valence-corrected chi connectivity index (χ1v) is 11.0. The molecule has 0 saturated carbocycles. The summed E-state index contributed by atoms with van der Waals surface area (Å²) >= 11 is 1.81. The largest absolute Gasteiger partial charge is 0.484 e. The van der Waals surface area contributed by atoms with E-state index < -0.39 is 0 Å². The molecule has 1 aromatic heterocycles. The van der Waals surface area contributed by atoms with Crippen molar-refractivity contribution in [2.45, 2.75) is 18.4 Å². The van der Waals surface area contributed by atoms with Crippen LogP contribution in [0.15, 0.2) is 66.7 Å². The van der Waals surface area contributed by atoms with Gasteiger partial charge >= 0.3 is 0 Å². The predicted octanol–water partition coefficient (Wildman–Crippen LogP) is 5.10. The molecule has 0 atom stereocenters. The van der Waals surface area contributed by atoms with Crippen LogP contribution in [0.3, 0.4) is 0 Å². The standard InChI is InChI=1S/C24H21N3O2S/c1-16-6-2-5-9-22(16)27-24(20-14-30-15-21(20)26-27)25-23(28)13-29-19-11-10-17-7-3-4-8-18(17)12-19/h2-12H,13-15H2,1H3,(H,25,28). The first-order chi connectivity index (χ1) is 14.7. The number of para-hydroxylation sites is 1. The number of aromatic nitrogens is 2. The molecule has 1 aliphatic heterocycles. The molecule has 0 unspecified atom stereocenters. The van der Waals surface area contributed by atoms with Gasteiger partial charge in [-0.2, -0.15) is 16.9 Å². The lowest BCUT2D eigenvalue weighted by atomic mass is 10.1. The molecule has 5 rings (SSSR count). The summed E-state index contributed by atoms with van der Waals surface area (Å²) < 4.78 is 7.62. The summed E-state index contributed by atoms with van der Waals surface area (Å²) in [6.45, 7) is 1.99. The summed E-state index contributed by atoms with van der Waals surface area (Å²) in [6.07, 6.45) is 0. The Hall–Kier alpha value is -3.25. The normalized spacial score (nSPS) is 12.7. The van der Waals surface area contributed by atoms with Crippen molar-refractivity contribution in [2.75, 3.05) is 11.9 Å². The van der Waals surface area contributed by atoms with Gasteiger partial charge in [-0.15, -0.1) is 0 Å². The maximum absolute atomic E-state index is 12.7. The first-order valence-electron chi connectivity index (χ1n) is 9.85. The Bertz CT molecular complexity index is 1250. The van der Waals surface area contributed by atoms with Crippen LogP contribution >= 0.6 is 11.8 Å². The molecule has 30 heavy (non-hydrogen) atoms. The van der Waals surface area contributed by atoms with E-state index in [1.165, 1.54) is 0 Å². The number of carbonyl (C=O) groups excluding carboxylic acids is 1. The van der Waals surface area contributed by atoms with Crippen LogP contribution in [-0.4, -0.2) is 22.3 Å². The number of nitrogens with one attached hydrogen (secondary N) is 1. The van der Waals surface area contributed by atoms with Gasteiger partial charge in [0.2, 0.25) is 0 Å². The van der Waals surface area contributed by atoms with Crippen LogP contribution in [0.1, 0.15) is 16.8 Å². The fourth-order valence-electron chi connectivity index (χ4n) is 3.69. The second-order valence-electron chi connectivity index (χ2n) is 7.31.